The Morgan fingerprint density at radius 1 is 1.38 bits per heavy atom. The van der Waals surface area contributed by atoms with Crippen LogP contribution in [0.2, 0.25) is 5.02 Å². The van der Waals surface area contributed by atoms with E-state index in [1.807, 2.05) is 0 Å². The molecule has 1 atom stereocenters. The number of alkyl halides is 3. The molecule has 0 aliphatic rings. The molecule has 2 rings (SSSR count). The quantitative estimate of drug-likeness (QED) is 0.614. The minimum Gasteiger partial charge on any atom is -0.473 e. The van der Waals surface area contributed by atoms with E-state index in [-0.39, 0.29) is 10.8 Å². The van der Waals surface area contributed by atoms with Gasteiger partial charge in [0.2, 0.25) is 5.75 Å². The minimum atomic E-state index is -4.74. The first kappa shape index (κ1) is 19.4. The van der Waals surface area contributed by atoms with Crippen LogP contribution in [0.1, 0.15) is 12.5 Å². The highest BCUT2D eigenvalue weighted by Gasteiger charge is 2.34. The molecule has 0 aliphatic carbocycles. The van der Waals surface area contributed by atoms with Crippen molar-refractivity contribution in [1.29, 1.82) is 0 Å². The Balaban J connectivity index is 2.20. The van der Waals surface area contributed by atoms with Gasteiger partial charge in [0.15, 0.2) is 6.10 Å². The highest BCUT2D eigenvalue weighted by Crippen LogP contribution is 2.36. The number of pyridine rings is 1. The van der Waals surface area contributed by atoms with Crippen LogP contribution in [0.4, 0.5) is 24.7 Å². The van der Waals surface area contributed by atoms with Crippen LogP contribution < -0.4 is 10.1 Å². The second-order valence-electron chi connectivity index (χ2n) is 5.02. The molecule has 0 saturated heterocycles. The van der Waals surface area contributed by atoms with Crippen molar-refractivity contribution in [3.63, 3.8) is 0 Å². The number of carbonyl (C=O) groups is 1. The van der Waals surface area contributed by atoms with Crippen molar-refractivity contribution in [1.82, 2.24) is 4.98 Å². The fourth-order valence-electron chi connectivity index (χ4n) is 1.95. The predicted molar refractivity (Wildman–Crippen MR) is 86.1 cm³/mol. The van der Waals surface area contributed by atoms with Gasteiger partial charge in [0.05, 0.1) is 11.3 Å². The van der Waals surface area contributed by atoms with Gasteiger partial charge in [-0.25, -0.2) is 0 Å². The average molecular weight is 390 g/mol. The molecule has 1 heterocycles. The van der Waals surface area contributed by atoms with Crippen molar-refractivity contribution in [2.75, 3.05) is 5.32 Å². The second kappa shape index (κ2) is 7.56. The lowest BCUT2D eigenvalue weighted by Gasteiger charge is -2.17. The standard InChI is InChI=1S/C15H11ClF3N3O4/c1-8(26-12-3-2-6-20-13(12)22(24)25)14(23)21-11-5-4-9(16)7-10(11)15(17,18)19/h2-8H,1H3,(H,21,23). The zero-order valence-electron chi connectivity index (χ0n) is 13.1. The lowest BCUT2D eigenvalue weighted by atomic mass is 10.1. The van der Waals surface area contributed by atoms with Gasteiger partial charge in [-0.1, -0.05) is 11.6 Å². The predicted octanol–water partition coefficient (Wildman–Crippen LogP) is 4.07. The van der Waals surface area contributed by atoms with Crippen molar-refractivity contribution >= 4 is 29.0 Å². The van der Waals surface area contributed by atoms with Crippen LogP contribution in [0.3, 0.4) is 0 Å². The monoisotopic (exact) mass is 389 g/mol. The van der Waals surface area contributed by atoms with Gasteiger partial charge in [-0.3, -0.25) is 4.79 Å². The Bertz CT molecular complexity index is 845. The van der Waals surface area contributed by atoms with Crippen LogP contribution >= 0.6 is 11.6 Å². The van der Waals surface area contributed by atoms with E-state index in [9.17, 15) is 28.1 Å². The Kier molecular flexibility index (Phi) is 5.66. The van der Waals surface area contributed by atoms with Gasteiger partial charge in [0.25, 0.3) is 5.91 Å². The van der Waals surface area contributed by atoms with Crippen LogP contribution in [0.5, 0.6) is 5.75 Å². The maximum Gasteiger partial charge on any atom is 0.418 e. The summed E-state index contributed by atoms with van der Waals surface area (Å²) in [7, 11) is 0. The van der Waals surface area contributed by atoms with E-state index in [1.54, 1.807) is 0 Å². The van der Waals surface area contributed by atoms with Crippen molar-refractivity contribution in [3.8, 4) is 5.75 Å². The van der Waals surface area contributed by atoms with E-state index in [0.29, 0.717) is 6.07 Å². The largest absolute Gasteiger partial charge is 0.473 e. The summed E-state index contributed by atoms with van der Waals surface area (Å²) >= 11 is 5.57. The Morgan fingerprint density at radius 3 is 2.69 bits per heavy atom. The molecule has 1 amide bonds. The van der Waals surface area contributed by atoms with Crippen molar-refractivity contribution < 1.29 is 27.6 Å². The van der Waals surface area contributed by atoms with E-state index in [0.717, 1.165) is 6.07 Å². The molecule has 0 aliphatic heterocycles. The molecule has 0 bridgehead atoms. The highest BCUT2D eigenvalue weighted by atomic mass is 35.5. The highest BCUT2D eigenvalue weighted by molar-refractivity contribution is 6.30. The van der Waals surface area contributed by atoms with E-state index < -0.39 is 40.2 Å². The smallest absolute Gasteiger partial charge is 0.418 e. The van der Waals surface area contributed by atoms with Crippen molar-refractivity contribution in [3.05, 3.63) is 57.2 Å². The number of ether oxygens (including phenoxy) is 1. The number of anilines is 1. The molecule has 26 heavy (non-hydrogen) atoms. The summed E-state index contributed by atoms with van der Waals surface area (Å²) in [6.45, 7) is 1.23. The van der Waals surface area contributed by atoms with Gasteiger partial charge in [-0.15, -0.1) is 0 Å². The van der Waals surface area contributed by atoms with E-state index in [2.05, 4.69) is 10.3 Å². The normalized spacial score (nSPS) is 12.3. The molecule has 0 saturated carbocycles. The van der Waals surface area contributed by atoms with Crippen LogP contribution in [0.15, 0.2) is 36.5 Å². The third kappa shape index (κ3) is 4.60. The summed E-state index contributed by atoms with van der Waals surface area (Å²) in [5.41, 5.74) is -1.64. The number of halogens is 4. The number of rotatable bonds is 5. The van der Waals surface area contributed by atoms with Gasteiger partial charge in [0, 0.05) is 5.02 Å². The number of hydrogen-bond acceptors (Lipinski definition) is 5. The first-order valence-corrected chi connectivity index (χ1v) is 7.41. The van der Waals surface area contributed by atoms with Gasteiger partial charge in [-0.05, 0) is 47.2 Å². The summed E-state index contributed by atoms with van der Waals surface area (Å²) in [5, 5.41) is 12.8. The van der Waals surface area contributed by atoms with Gasteiger partial charge in [-0.2, -0.15) is 13.2 Å². The molecule has 0 radical (unpaired) electrons. The number of hydrogen-bond donors (Lipinski definition) is 1. The summed E-state index contributed by atoms with van der Waals surface area (Å²) in [6.07, 6.45) is -4.90. The molecular formula is C15H11ClF3N3O4. The average Bonchev–Trinajstić information content (AvgIpc) is 2.55. The Morgan fingerprint density at radius 2 is 2.08 bits per heavy atom. The topological polar surface area (TPSA) is 94.4 Å². The first-order valence-electron chi connectivity index (χ1n) is 7.03. The lowest BCUT2D eigenvalue weighted by molar-refractivity contribution is -0.390. The third-order valence-electron chi connectivity index (χ3n) is 3.14. The molecule has 7 nitrogen and oxygen atoms in total. The summed E-state index contributed by atoms with van der Waals surface area (Å²) in [5.74, 6) is -1.84. The maximum atomic E-state index is 13.0. The summed E-state index contributed by atoms with van der Waals surface area (Å²) < 4.78 is 44.3. The molecule has 0 fully saturated rings. The molecular weight excluding hydrogens is 379 g/mol. The lowest BCUT2D eigenvalue weighted by Crippen LogP contribution is -2.31. The maximum absolute atomic E-state index is 13.0. The zero-order chi connectivity index (χ0) is 19.5. The number of aromatic nitrogens is 1. The molecule has 0 spiro atoms. The third-order valence-corrected chi connectivity index (χ3v) is 3.38. The Hall–Kier alpha value is -2.88. The van der Waals surface area contributed by atoms with Crippen molar-refractivity contribution in [2.24, 2.45) is 0 Å². The van der Waals surface area contributed by atoms with Gasteiger partial charge < -0.3 is 20.2 Å². The first-order chi connectivity index (χ1) is 12.1. The minimum absolute atomic E-state index is 0.148. The van der Waals surface area contributed by atoms with Crippen LogP contribution in [0, 0.1) is 10.1 Å². The molecule has 1 aromatic carbocycles. The zero-order valence-corrected chi connectivity index (χ0v) is 13.8. The molecule has 138 valence electrons. The van der Waals surface area contributed by atoms with Crippen LogP contribution in [-0.2, 0) is 11.0 Å². The second-order valence-corrected chi connectivity index (χ2v) is 5.46. The summed E-state index contributed by atoms with van der Waals surface area (Å²) in [6, 6.07) is 5.44. The molecule has 1 unspecified atom stereocenters. The molecule has 2 aromatic rings. The van der Waals surface area contributed by atoms with Gasteiger partial charge in [0.1, 0.15) is 6.20 Å². The Labute approximate surface area is 149 Å². The molecule has 11 heteroatoms. The number of nitrogens with one attached hydrogen (secondary N) is 1. The number of carbonyl (C=O) groups excluding carboxylic acids is 1. The van der Waals surface area contributed by atoms with Crippen LogP contribution in [-0.4, -0.2) is 21.9 Å². The van der Waals surface area contributed by atoms with Crippen LogP contribution in [0.25, 0.3) is 0 Å². The number of nitro groups is 1. The fraction of sp³-hybridized carbons (Fsp3) is 0.200. The van der Waals surface area contributed by atoms with Crippen molar-refractivity contribution in [2.45, 2.75) is 19.2 Å². The SMILES string of the molecule is CC(Oc1cccnc1[N+](=O)[O-])C(=O)Nc1ccc(Cl)cc1C(F)(F)F. The number of benzene rings is 1. The summed E-state index contributed by atoms with van der Waals surface area (Å²) in [4.78, 5) is 25.7. The molecule has 1 aromatic heterocycles. The fourth-order valence-corrected chi connectivity index (χ4v) is 2.12. The number of amides is 1. The van der Waals surface area contributed by atoms with Gasteiger partial charge >= 0.3 is 12.0 Å². The van der Waals surface area contributed by atoms with E-state index >= 15 is 0 Å². The number of nitrogens with zero attached hydrogens (tertiary/aromatic N) is 2. The van der Waals surface area contributed by atoms with E-state index in [1.165, 1.54) is 31.3 Å². The van der Waals surface area contributed by atoms with E-state index in [4.69, 9.17) is 16.3 Å². The molecule has 1 N–H and O–H groups in total.